The molecule has 13 heavy (non-hydrogen) atoms. The van der Waals surface area contributed by atoms with Crippen LogP contribution in [0.4, 0.5) is 0 Å². The zero-order valence-electron chi connectivity index (χ0n) is 8.34. The fourth-order valence-electron chi connectivity index (χ4n) is 0.953. The molecule has 0 radical (unpaired) electrons. The van der Waals surface area contributed by atoms with Gasteiger partial charge in [-0.05, 0) is 20.3 Å². The van der Waals surface area contributed by atoms with Gasteiger partial charge in [-0.1, -0.05) is 29.3 Å². The molecular formula is C9H17BrO3. The van der Waals surface area contributed by atoms with Gasteiger partial charge in [-0.15, -0.1) is 0 Å². The molecule has 3 nitrogen and oxygen atoms in total. The largest absolute Gasteiger partial charge is 0.465 e. The van der Waals surface area contributed by atoms with Crippen LogP contribution in [0.15, 0.2) is 0 Å². The molecule has 2 atom stereocenters. The first-order valence-electron chi connectivity index (χ1n) is 4.51. The third-order valence-corrected chi connectivity index (χ3v) is 2.71. The number of esters is 1. The van der Waals surface area contributed by atoms with E-state index in [1.165, 1.54) is 0 Å². The highest BCUT2D eigenvalue weighted by atomic mass is 79.9. The fraction of sp³-hybridized carbons (Fsp3) is 0.889. The molecule has 78 valence electrons. The van der Waals surface area contributed by atoms with Crippen LogP contribution < -0.4 is 0 Å². The standard InChI is InChI=1S/C9H17BrO3/c1-4-6-7(11)9(3,10)8(12)13-5-2/h7,11H,4-6H2,1-3H3/t7-,9+/m1/s1. The van der Waals surface area contributed by atoms with Gasteiger partial charge in [-0.25, -0.2) is 0 Å². The summed E-state index contributed by atoms with van der Waals surface area (Å²) in [5.74, 6) is -0.407. The molecule has 0 bridgehead atoms. The van der Waals surface area contributed by atoms with E-state index in [-0.39, 0.29) is 0 Å². The molecule has 0 amide bonds. The number of rotatable bonds is 5. The third kappa shape index (κ3) is 3.65. The Morgan fingerprint density at radius 3 is 2.54 bits per heavy atom. The molecule has 4 heteroatoms. The first-order valence-corrected chi connectivity index (χ1v) is 5.30. The number of ether oxygens (including phenoxy) is 1. The molecule has 1 N–H and O–H groups in total. The van der Waals surface area contributed by atoms with Crippen molar-refractivity contribution in [3.63, 3.8) is 0 Å². The second kappa shape index (κ2) is 5.60. The molecule has 0 rings (SSSR count). The lowest BCUT2D eigenvalue weighted by Crippen LogP contribution is -2.42. The van der Waals surface area contributed by atoms with E-state index in [9.17, 15) is 9.90 Å². The second-order valence-electron chi connectivity index (χ2n) is 3.10. The lowest BCUT2D eigenvalue weighted by molar-refractivity contribution is -0.148. The van der Waals surface area contributed by atoms with Crippen molar-refractivity contribution in [2.45, 2.75) is 44.0 Å². The Bertz CT molecular complexity index is 168. The van der Waals surface area contributed by atoms with E-state index in [1.54, 1.807) is 13.8 Å². The van der Waals surface area contributed by atoms with Gasteiger partial charge in [0.1, 0.15) is 4.32 Å². The predicted molar refractivity (Wildman–Crippen MR) is 54.9 cm³/mol. The molecule has 0 saturated heterocycles. The molecule has 0 aromatic rings. The summed E-state index contributed by atoms with van der Waals surface area (Å²) >= 11 is 3.19. The molecule has 0 saturated carbocycles. The van der Waals surface area contributed by atoms with Gasteiger partial charge in [0, 0.05) is 0 Å². The predicted octanol–water partition coefficient (Wildman–Crippen LogP) is 1.86. The minimum Gasteiger partial charge on any atom is -0.465 e. The maximum Gasteiger partial charge on any atom is 0.325 e. The Balaban J connectivity index is 4.26. The summed E-state index contributed by atoms with van der Waals surface area (Å²) in [6.07, 6.45) is 0.721. The first-order chi connectivity index (χ1) is 5.96. The van der Waals surface area contributed by atoms with Crippen LogP contribution in [0.1, 0.15) is 33.6 Å². The van der Waals surface area contributed by atoms with Crippen molar-refractivity contribution in [1.29, 1.82) is 0 Å². The van der Waals surface area contributed by atoms with Crippen molar-refractivity contribution in [2.75, 3.05) is 6.61 Å². The zero-order valence-corrected chi connectivity index (χ0v) is 9.93. The van der Waals surface area contributed by atoms with E-state index in [2.05, 4.69) is 15.9 Å². The smallest absolute Gasteiger partial charge is 0.325 e. The van der Waals surface area contributed by atoms with Crippen molar-refractivity contribution in [1.82, 2.24) is 0 Å². The summed E-state index contributed by atoms with van der Waals surface area (Å²) in [4.78, 5) is 11.4. The van der Waals surface area contributed by atoms with Crippen molar-refractivity contribution in [3.05, 3.63) is 0 Å². The Kier molecular flexibility index (Phi) is 5.56. The minimum atomic E-state index is -0.973. The first kappa shape index (κ1) is 12.9. The molecule has 0 aliphatic carbocycles. The average molecular weight is 253 g/mol. The highest BCUT2D eigenvalue weighted by Gasteiger charge is 2.38. The van der Waals surface area contributed by atoms with Crippen molar-refractivity contribution < 1.29 is 14.6 Å². The number of hydrogen-bond acceptors (Lipinski definition) is 3. The topological polar surface area (TPSA) is 46.5 Å². The molecule has 0 unspecified atom stereocenters. The van der Waals surface area contributed by atoms with Crippen LogP contribution in [-0.4, -0.2) is 28.1 Å². The lowest BCUT2D eigenvalue weighted by atomic mass is 10.0. The molecular weight excluding hydrogens is 236 g/mol. The van der Waals surface area contributed by atoms with Crippen molar-refractivity contribution in [3.8, 4) is 0 Å². The number of hydrogen-bond donors (Lipinski definition) is 1. The Morgan fingerprint density at radius 1 is 1.62 bits per heavy atom. The van der Waals surface area contributed by atoms with Gasteiger partial charge in [0.25, 0.3) is 0 Å². The molecule has 0 aromatic heterocycles. The summed E-state index contributed by atoms with van der Waals surface area (Å²) in [6.45, 7) is 5.66. The van der Waals surface area contributed by atoms with Crippen LogP contribution in [0.2, 0.25) is 0 Å². The van der Waals surface area contributed by atoms with Gasteiger partial charge in [-0.3, -0.25) is 4.79 Å². The Labute approximate surface area is 87.6 Å². The second-order valence-corrected chi connectivity index (χ2v) is 4.75. The maximum atomic E-state index is 11.4. The summed E-state index contributed by atoms with van der Waals surface area (Å²) in [5.41, 5.74) is 0. The van der Waals surface area contributed by atoms with Crippen LogP contribution in [0.3, 0.4) is 0 Å². The van der Waals surface area contributed by atoms with Crippen LogP contribution >= 0.6 is 15.9 Å². The van der Waals surface area contributed by atoms with Gasteiger partial charge in [0.15, 0.2) is 0 Å². The summed E-state index contributed by atoms with van der Waals surface area (Å²) in [7, 11) is 0. The minimum absolute atomic E-state index is 0.332. The van der Waals surface area contributed by atoms with Gasteiger partial charge in [-0.2, -0.15) is 0 Å². The number of carbonyl (C=O) groups excluding carboxylic acids is 1. The zero-order chi connectivity index (χ0) is 10.5. The Morgan fingerprint density at radius 2 is 2.15 bits per heavy atom. The van der Waals surface area contributed by atoms with Gasteiger partial charge in [0.05, 0.1) is 12.7 Å². The number of aliphatic hydroxyl groups is 1. The molecule has 0 fully saturated rings. The number of aliphatic hydroxyl groups excluding tert-OH is 1. The van der Waals surface area contributed by atoms with Crippen LogP contribution in [-0.2, 0) is 9.53 Å². The average Bonchev–Trinajstić information content (AvgIpc) is 2.05. The molecule has 0 aliphatic rings. The SMILES string of the molecule is CCC[C@@H](O)[C@](C)(Br)C(=O)OCC. The van der Waals surface area contributed by atoms with Gasteiger partial charge in [0.2, 0.25) is 0 Å². The molecule has 0 spiro atoms. The van der Waals surface area contributed by atoms with Gasteiger partial charge >= 0.3 is 5.97 Å². The summed E-state index contributed by atoms with van der Waals surface area (Å²) in [6, 6.07) is 0. The maximum absolute atomic E-state index is 11.4. The van der Waals surface area contributed by atoms with Crippen molar-refractivity contribution >= 4 is 21.9 Å². The van der Waals surface area contributed by atoms with Gasteiger partial charge < -0.3 is 9.84 Å². The van der Waals surface area contributed by atoms with E-state index in [0.29, 0.717) is 13.0 Å². The Hall–Kier alpha value is -0.0900. The number of halogens is 1. The van der Waals surface area contributed by atoms with E-state index in [1.807, 2.05) is 6.92 Å². The summed E-state index contributed by atoms with van der Waals surface area (Å²) in [5, 5.41) is 9.63. The van der Waals surface area contributed by atoms with Crippen LogP contribution in [0.25, 0.3) is 0 Å². The van der Waals surface area contributed by atoms with E-state index < -0.39 is 16.4 Å². The quantitative estimate of drug-likeness (QED) is 0.601. The highest BCUT2D eigenvalue weighted by molar-refractivity contribution is 9.10. The van der Waals surface area contributed by atoms with E-state index in [0.717, 1.165) is 6.42 Å². The fourth-order valence-corrected chi connectivity index (χ4v) is 1.30. The monoisotopic (exact) mass is 252 g/mol. The normalized spacial score (nSPS) is 17.6. The molecule has 0 heterocycles. The van der Waals surface area contributed by atoms with Crippen LogP contribution in [0.5, 0.6) is 0 Å². The van der Waals surface area contributed by atoms with E-state index >= 15 is 0 Å². The van der Waals surface area contributed by atoms with Crippen molar-refractivity contribution in [2.24, 2.45) is 0 Å². The van der Waals surface area contributed by atoms with Crippen LogP contribution in [0, 0.1) is 0 Å². The summed E-state index contributed by atoms with van der Waals surface area (Å²) < 4.78 is 3.86. The number of carbonyl (C=O) groups is 1. The lowest BCUT2D eigenvalue weighted by Gasteiger charge is -2.25. The molecule has 0 aliphatic heterocycles. The molecule has 0 aromatic carbocycles. The van der Waals surface area contributed by atoms with E-state index in [4.69, 9.17) is 4.74 Å². The highest BCUT2D eigenvalue weighted by Crippen LogP contribution is 2.26. The third-order valence-electron chi connectivity index (χ3n) is 1.86. The number of alkyl halides is 1.